The summed E-state index contributed by atoms with van der Waals surface area (Å²) in [4.78, 5) is 30.9. The van der Waals surface area contributed by atoms with Crippen molar-refractivity contribution >= 4 is 23.3 Å². The van der Waals surface area contributed by atoms with Gasteiger partial charge in [0.05, 0.1) is 11.1 Å². The summed E-state index contributed by atoms with van der Waals surface area (Å²) in [6.45, 7) is 0. The molecule has 4 N–H and O–H groups in total. The number of H-pyrrole nitrogens is 1. The van der Waals surface area contributed by atoms with Crippen LogP contribution in [0.5, 0.6) is 0 Å². The van der Waals surface area contributed by atoms with Gasteiger partial charge < -0.3 is 10.3 Å². The van der Waals surface area contributed by atoms with E-state index in [1.807, 2.05) is 0 Å². The van der Waals surface area contributed by atoms with Crippen LogP contribution in [0.25, 0.3) is 0 Å². The summed E-state index contributed by atoms with van der Waals surface area (Å²) in [5, 5.41) is 2.69. The van der Waals surface area contributed by atoms with Gasteiger partial charge in [0.1, 0.15) is 11.5 Å². The fourth-order valence-electron chi connectivity index (χ4n) is 2.32. The van der Waals surface area contributed by atoms with E-state index in [9.17, 15) is 22.8 Å². The molecule has 0 unspecified atom stereocenters. The van der Waals surface area contributed by atoms with Gasteiger partial charge in [-0.05, 0) is 42.5 Å². The third-order valence-electron chi connectivity index (χ3n) is 3.64. The molecule has 0 aliphatic rings. The Hall–Kier alpha value is -3.82. The molecule has 2 aromatic heterocycles. The Morgan fingerprint density at radius 3 is 2.46 bits per heavy atom. The molecule has 0 saturated carbocycles. The zero-order chi connectivity index (χ0) is 20.1. The van der Waals surface area contributed by atoms with Gasteiger partial charge in [-0.3, -0.25) is 20.4 Å². The molecule has 0 atom stereocenters. The average molecular weight is 389 g/mol. The SMILES string of the molecule is O=C(NNC(=O)c1cccnc1Nc1cccc(C(F)(F)F)c1)c1ccc[nH]1. The van der Waals surface area contributed by atoms with Crippen molar-refractivity contribution in [2.45, 2.75) is 6.18 Å². The number of rotatable bonds is 4. The average Bonchev–Trinajstić information content (AvgIpc) is 3.21. The maximum Gasteiger partial charge on any atom is 0.416 e. The van der Waals surface area contributed by atoms with Crippen LogP contribution in [-0.2, 0) is 6.18 Å². The second-order valence-corrected chi connectivity index (χ2v) is 5.60. The summed E-state index contributed by atoms with van der Waals surface area (Å²) in [5.74, 6) is -1.22. The van der Waals surface area contributed by atoms with Gasteiger partial charge in [0.15, 0.2) is 0 Å². The Balaban J connectivity index is 1.74. The Morgan fingerprint density at radius 2 is 1.75 bits per heavy atom. The van der Waals surface area contributed by atoms with Crippen molar-refractivity contribution in [3.63, 3.8) is 0 Å². The molecule has 3 aromatic rings. The molecular formula is C18H14F3N5O2. The predicted molar refractivity (Wildman–Crippen MR) is 94.7 cm³/mol. The third-order valence-corrected chi connectivity index (χ3v) is 3.64. The number of aromatic amines is 1. The summed E-state index contributed by atoms with van der Waals surface area (Å²) < 4.78 is 38.6. The molecule has 10 heteroatoms. The third kappa shape index (κ3) is 4.47. The Labute approximate surface area is 157 Å². The van der Waals surface area contributed by atoms with E-state index < -0.39 is 23.6 Å². The van der Waals surface area contributed by atoms with Gasteiger partial charge in [0, 0.05) is 18.1 Å². The van der Waals surface area contributed by atoms with Gasteiger partial charge in [-0.25, -0.2) is 4.98 Å². The fourth-order valence-corrected chi connectivity index (χ4v) is 2.32. The van der Waals surface area contributed by atoms with Crippen molar-refractivity contribution in [1.82, 2.24) is 20.8 Å². The predicted octanol–water partition coefficient (Wildman–Crippen LogP) is 3.25. The highest BCUT2D eigenvalue weighted by Crippen LogP contribution is 2.31. The molecule has 2 amide bonds. The molecule has 1 aromatic carbocycles. The Morgan fingerprint density at radius 1 is 0.964 bits per heavy atom. The van der Waals surface area contributed by atoms with E-state index in [1.54, 1.807) is 12.3 Å². The molecule has 0 fully saturated rings. The molecule has 0 radical (unpaired) electrons. The number of pyridine rings is 1. The number of aromatic nitrogens is 2. The molecule has 144 valence electrons. The largest absolute Gasteiger partial charge is 0.416 e. The number of carbonyl (C=O) groups is 2. The maximum absolute atomic E-state index is 12.9. The minimum Gasteiger partial charge on any atom is -0.357 e. The number of hydrogen-bond acceptors (Lipinski definition) is 4. The summed E-state index contributed by atoms with van der Waals surface area (Å²) in [7, 11) is 0. The lowest BCUT2D eigenvalue weighted by atomic mass is 10.2. The number of anilines is 2. The number of halogens is 3. The van der Waals surface area contributed by atoms with Crippen LogP contribution in [0.4, 0.5) is 24.7 Å². The van der Waals surface area contributed by atoms with Crippen LogP contribution in [0.2, 0.25) is 0 Å². The molecule has 0 bridgehead atoms. The molecule has 7 nitrogen and oxygen atoms in total. The standard InChI is InChI=1S/C18H14F3N5O2/c19-18(20,21)11-4-1-5-12(10-11)24-15-13(6-2-9-23-15)16(27)25-26-17(28)14-7-3-8-22-14/h1-10,22H,(H,23,24)(H,25,27)(H,26,28). The van der Waals surface area contributed by atoms with E-state index in [4.69, 9.17) is 0 Å². The molecule has 0 spiro atoms. The first-order valence-corrected chi connectivity index (χ1v) is 7.98. The van der Waals surface area contributed by atoms with Crippen molar-refractivity contribution < 1.29 is 22.8 Å². The number of alkyl halides is 3. The first kappa shape index (κ1) is 19.0. The van der Waals surface area contributed by atoms with Crippen LogP contribution in [0.3, 0.4) is 0 Å². The van der Waals surface area contributed by atoms with Gasteiger partial charge in [0.2, 0.25) is 0 Å². The number of hydrazine groups is 1. The van der Waals surface area contributed by atoms with Crippen molar-refractivity contribution in [3.05, 3.63) is 77.7 Å². The first-order chi connectivity index (χ1) is 13.3. The summed E-state index contributed by atoms with van der Waals surface area (Å²) >= 11 is 0. The number of nitrogens with one attached hydrogen (secondary N) is 4. The lowest BCUT2D eigenvalue weighted by molar-refractivity contribution is -0.137. The van der Waals surface area contributed by atoms with Crippen molar-refractivity contribution in [2.75, 3.05) is 5.32 Å². The topological polar surface area (TPSA) is 98.9 Å². The molecule has 0 saturated heterocycles. The van der Waals surface area contributed by atoms with E-state index in [1.165, 1.54) is 36.5 Å². The van der Waals surface area contributed by atoms with Crippen molar-refractivity contribution in [1.29, 1.82) is 0 Å². The van der Waals surface area contributed by atoms with Gasteiger partial charge >= 0.3 is 6.18 Å². The second kappa shape index (κ2) is 7.82. The highest BCUT2D eigenvalue weighted by Gasteiger charge is 2.30. The van der Waals surface area contributed by atoms with Gasteiger partial charge in [0.25, 0.3) is 11.8 Å². The van der Waals surface area contributed by atoms with Crippen LogP contribution in [0, 0.1) is 0 Å². The zero-order valence-corrected chi connectivity index (χ0v) is 14.2. The lowest BCUT2D eigenvalue weighted by Gasteiger charge is -2.13. The number of carbonyl (C=O) groups excluding carboxylic acids is 2. The Kier molecular flexibility index (Phi) is 5.30. The molecule has 0 aliphatic heterocycles. The van der Waals surface area contributed by atoms with Crippen LogP contribution in [0.15, 0.2) is 60.9 Å². The second-order valence-electron chi connectivity index (χ2n) is 5.60. The van der Waals surface area contributed by atoms with Gasteiger partial charge in [-0.15, -0.1) is 0 Å². The van der Waals surface area contributed by atoms with Gasteiger partial charge in [-0.1, -0.05) is 6.07 Å². The number of nitrogens with zero attached hydrogens (tertiary/aromatic N) is 1. The Bertz CT molecular complexity index is 987. The molecule has 3 rings (SSSR count). The van der Waals surface area contributed by atoms with Crippen molar-refractivity contribution in [2.24, 2.45) is 0 Å². The van der Waals surface area contributed by atoms with Crippen LogP contribution in [0.1, 0.15) is 26.4 Å². The number of benzene rings is 1. The quantitative estimate of drug-likeness (QED) is 0.515. The van der Waals surface area contributed by atoms with E-state index in [-0.39, 0.29) is 22.8 Å². The maximum atomic E-state index is 12.9. The van der Waals surface area contributed by atoms with Crippen LogP contribution >= 0.6 is 0 Å². The number of amides is 2. The van der Waals surface area contributed by atoms with E-state index in [0.29, 0.717) is 0 Å². The van der Waals surface area contributed by atoms with Gasteiger partial charge in [-0.2, -0.15) is 13.2 Å². The monoisotopic (exact) mass is 389 g/mol. The van der Waals surface area contributed by atoms with Crippen molar-refractivity contribution in [3.8, 4) is 0 Å². The lowest BCUT2D eigenvalue weighted by Crippen LogP contribution is -2.42. The van der Waals surface area contributed by atoms with Crippen LogP contribution < -0.4 is 16.2 Å². The molecule has 0 aliphatic carbocycles. The number of hydrogen-bond donors (Lipinski definition) is 4. The fraction of sp³-hybridized carbons (Fsp3) is 0.0556. The summed E-state index contributed by atoms with van der Waals surface area (Å²) in [6, 6.07) is 10.5. The smallest absolute Gasteiger partial charge is 0.357 e. The zero-order valence-electron chi connectivity index (χ0n) is 14.2. The minimum atomic E-state index is -4.50. The molecule has 28 heavy (non-hydrogen) atoms. The van der Waals surface area contributed by atoms with E-state index in [2.05, 4.69) is 26.1 Å². The summed E-state index contributed by atoms with van der Waals surface area (Å²) in [5.41, 5.74) is 4.01. The highest BCUT2D eigenvalue weighted by molar-refractivity contribution is 6.01. The minimum absolute atomic E-state index is 0.0340. The molecule has 2 heterocycles. The van der Waals surface area contributed by atoms with E-state index >= 15 is 0 Å². The highest BCUT2D eigenvalue weighted by atomic mass is 19.4. The van der Waals surface area contributed by atoms with Crippen LogP contribution in [-0.4, -0.2) is 21.8 Å². The summed E-state index contributed by atoms with van der Waals surface area (Å²) in [6.07, 6.45) is -1.57. The van der Waals surface area contributed by atoms with E-state index in [0.717, 1.165) is 12.1 Å². The first-order valence-electron chi connectivity index (χ1n) is 7.98. The normalized spacial score (nSPS) is 11.0. The molecular weight excluding hydrogens is 375 g/mol.